The van der Waals surface area contributed by atoms with Gasteiger partial charge in [0.2, 0.25) is 5.91 Å². The van der Waals surface area contributed by atoms with Gasteiger partial charge in [-0.25, -0.2) is 0 Å². The fraction of sp³-hybridized carbons (Fsp3) is 0.263. The Labute approximate surface area is 135 Å². The van der Waals surface area contributed by atoms with Gasteiger partial charge in [0.05, 0.1) is 6.42 Å². The molecule has 0 bridgehead atoms. The Bertz CT molecular complexity index is 750. The molecule has 0 radical (unpaired) electrons. The van der Waals surface area contributed by atoms with Gasteiger partial charge in [-0.3, -0.25) is 9.59 Å². The predicted octanol–water partition coefficient (Wildman–Crippen LogP) is 3.28. The van der Waals surface area contributed by atoms with E-state index in [4.69, 9.17) is 5.11 Å². The van der Waals surface area contributed by atoms with Crippen LogP contribution in [0.5, 0.6) is 0 Å². The topological polar surface area (TPSA) is 57.6 Å². The second-order valence-corrected chi connectivity index (χ2v) is 5.89. The van der Waals surface area contributed by atoms with E-state index in [1.807, 2.05) is 41.3 Å². The Hall–Kier alpha value is -2.62. The fourth-order valence-corrected chi connectivity index (χ4v) is 3.09. The summed E-state index contributed by atoms with van der Waals surface area (Å²) < 4.78 is 0. The van der Waals surface area contributed by atoms with Gasteiger partial charge in [-0.1, -0.05) is 30.3 Å². The van der Waals surface area contributed by atoms with Crippen LogP contribution in [0, 0.1) is 0 Å². The van der Waals surface area contributed by atoms with Crippen molar-refractivity contribution in [1.29, 1.82) is 0 Å². The van der Waals surface area contributed by atoms with Gasteiger partial charge < -0.3 is 10.0 Å². The van der Waals surface area contributed by atoms with E-state index in [9.17, 15) is 9.59 Å². The standard InChI is InChI=1S/C19H19NO3/c1-13(21)20-10-2-3-17-12-16(8-9-18(17)20)15-6-4-14(5-7-15)11-19(22)23/h4-9,12H,2-3,10-11H2,1H3,(H,22,23). The number of carbonyl (C=O) groups is 2. The van der Waals surface area contributed by atoms with Gasteiger partial charge in [0.1, 0.15) is 0 Å². The van der Waals surface area contributed by atoms with Crippen molar-refractivity contribution in [2.75, 3.05) is 11.4 Å². The quantitative estimate of drug-likeness (QED) is 0.946. The third-order valence-electron chi connectivity index (χ3n) is 4.22. The molecule has 118 valence electrons. The number of anilines is 1. The first-order chi connectivity index (χ1) is 11.0. The van der Waals surface area contributed by atoms with Crippen molar-refractivity contribution in [3.05, 3.63) is 53.6 Å². The number of carbonyl (C=O) groups excluding carboxylic acids is 1. The van der Waals surface area contributed by atoms with Crippen molar-refractivity contribution in [2.24, 2.45) is 0 Å². The van der Waals surface area contributed by atoms with Crippen molar-refractivity contribution in [1.82, 2.24) is 0 Å². The first-order valence-electron chi connectivity index (χ1n) is 7.77. The van der Waals surface area contributed by atoms with Gasteiger partial charge in [-0.05, 0) is 47.2 Å². The number of hydrogen-bond donors (Lipinski definition) is 1. The molecule has 1 amide bonds. The van der Waals surface area contributed by atoms with Crippen LogP contribution in [0.4, 0.5) is 5.69 Å². The largest absolute Gasteiger partial charge is 0.481 e. The van der Waals surface area contributed by atoms with Crippen LogP contribution in [0.3, 0.4) is 0 Å². The van der Waals surface area contributed by atoms with E-state index < -0.39 is 5.97 Å². The molecular weight excluding hydrogens is 290 g/mol. The summed E-state index contributed by atoms with van der Waals surface area (Å²) >= 11 is 0. The van der Waals surface area contributed by atoms with E-state index in [0.29, 0.717) is 0 Å². The Morgan fingerprint density at radius 1 is 1.09 bits per heavy atom. The van der Waals surface area contributed by atoms with Crippen LogP contribution in [-0.2, 0) is 22.4 Å². The first-order valence-corrected chi connectivity index (χ1v) is 7.77. The monoisotopic (exact) mass is 309 g/mol. The molecule has 0 spiro atoms. The summed E-state index contributed by atoms with van der Waals surface area (Å²) in [7, 11) is 0. The van der Waals surface area contributed by atoms with Crippen LogP contribution in [0.2, 0.25) is 0 Å². The number of carboxylic acids is 1. The minimum atomic E-state index is -0.823. The smallest absolute Gasteiger partial charge is 0.307 e. The van der Waals surface area contributed by atoms with E-state index in [1.165, 1.54) is 5.56 Å². The zero-order valence-electron chi connectivity index (χ0n) is 13.1. The second kappa shape index (κ2) is 6.24. The SMILES string of the molecule is CC(=O)N1CCCc2cc(-c3ccc(CC(=O)O)cc3)ccc21. The molecule has 3 rings (SSSR count). The van der Waals surface area contributed by atoms with E-state index in [0.717, 1.165) is 41.8 Å². The number of rotatable bonds is 3. The highest BCUT2D eigenvalue weighted by atomic mass is 16.4. The maximum atomic E-state index is 11.7. The molecular formula is C19H19NO3. The van der Waals surface area contributed by atoms with Gasteiger partial charge in [-0.15, -0.1) is 0 Å². The lowest BCUT2D eigenvalue weighted by atomic mass is 9.95. The van der Waals surface area contributed by atoms with Crippen LogP contribution in [0.25, 0.3) is 11.1 Å². The highest BCUT2D eigenvalue weighted by molar-refractivity contribution is 5.93. The number of nitrogens with zero attached hydrogens (tertiary/aromatic N) is 1. The molecule has 4 heteroatoms. The number of benzene rings is 2. The molecule has 23 heavy (non-hydrogen) atoms. The highest BCUT2D eigenvalue weighted by Crippen LogP contribution is 2.31. The number of aryl methyl sites for hydroxylation is 1. The number of carboxylic acid groups (broad SMARTS) is 1. The molecule has 2 aromatic rings. The van der Waals surface area contributed by atoms with Gasteiger partial charge in [0.25, 0.3) is 0 Å². The molecule has 1 heterocycles. The van der Waals surface area contributed by atoms with Gasteiger partial charge in [0.15, 0.2) is 0 Å². The van der Waals surface area contributed by atoms with Gasteiger partial charge in [-0.2, -0.15) is 0 Å². The number of aliphatic carboxylic acids is 1. The van der Waals surface area contributed by atoms with Gasteiger partial charge >= 0.3 is 5.97 Å². The summed E-state index contributed by atoms with van der Waals surface area (Å²) in [6, 6.07) is 13.8. The van der Waals surface area contributed by atoms with Crippen molar-refractivity contribution in [3.63, 3.8) is 0 Å². The Balaban J connectivity index is 1.89. The minimum absolute atomic E-state index is 0.0397. The summed E-state index contributed by atoms with van der Waals surface area (Å²) in [5.74, 6) is -0.743. The maximum absolute atomic E-state index is 11.7. The Morgan fingerprint density at radius 3 is 2.43 bits per heavy atom. The van der Waals surface area contributed by atoms with Crippen molar-refractivity contribution < 1.29 is 14.7 Å². The van der Waals surface area contributed by atoms with Crippen LogP contribution in [-0.4, -0.2) is 23.5 Å². The average molecular weight is 309 g/mol. The maximum Gasteiger partial charge on any atom is 0.307 e. The minimum Gasteiger partial charge on any atom is -0.481 e. The zero-order valence-corrected chi connectivity index (χ0v) is 13.1. The number of hydrogen-bond acceptors (Lipinski definition) is 2. The van der Waals surface area contributed by atoms with Crippen LogP contribution >= 0.6 is 0 Å². The Kier molecular flexibility index (Phi) is 4.15. The van der Waals surface area contributed by atoms with E-state index in [2.05, 4.69) is 6.07 Å². The molecule has 0 unspecified atom stereocenters. The molecule has 0 aromatic heterocycles. The summed E-state index contributed by atoms with van der Waals surface area (Å²) in [6.45, 7) is 2.38. The van der Waals surface area contributed by atoms with Crippen LogP contribution in [0.15, 0.2) is 42.5 Å². The summed E-state index contributed by atoms with van der Waals surface area (Å²) in [4.78, 5) is 24.3. The molecule has 2 aromatic carbocycles. The molecule has 1 N–H and O–H groups in total. The molecule has 0 atom stereocenters. The van der Waals surface area contributed by atoms with Crippen molar-refractivity contribution in [3.8, 4) is 11.1 Å². The van der Waals surface area contributed by atoms with Crippen LogP contribution in [0.1, 0.15) is 24.5 Å². The fourth-order valence-electron chi connectivity index (χ4n) is 3.09. The highest BCUT2D eigenvalue weighted by Gasteiger charge is 2.20. The molecule has 0 saturated heterocycles. The third kappa shape index (κ3) is 3.26. The summed E-state index contributed by atoms with van der Waals surface area (Å²) in [5.41, 5.74) is 5.15. The molecule has 0 fully saturated rings. The number of amides is 1. The molecule has 0 aliphatic carbocycles. The lowest BCUT2D eigenvalue weighted by Gasteiger charge is -2.29. The third-order valence-corrected chi connectivity index (χ3v) is 4.22. The average Bonchev–Trinajstić information content (AvgIpc) is 2.53. The van der Waals surface area contributed by atoms with Crippen molar-refractivity contribution in [2.45, 2.75) is 26.2 Å². The van der Waals surface area contributed by atoms with E-state index in [-0.39, 0.29) is 12.3 Å². The molecule has 1 aliphatic heterocycles. The lowest BCUT2D eigenvalue weighted by Crippen LogP contribution is -2.33. The molecule has 0 saturated carbocycles. The summed E-state index contributed by atoms with van der Waals surface area (Å²) in [5, 5.41) is 8.82. The molecule has 4 nitrogen and oxygen atoms in total. The normalized spacial score (nSPS) is 13.5. The number of fused-ring (bicyclic) bond motifs is 1. The first kappa shape index (κ1) is 15.3. The van der Waals surface area contributed by atoms with Gasteiger partial charge in [0, 0.05) is 19.2 Å². The lowest BCUT2D eigenvalue weighted by molar-refractivity contribution is -0.136. The van der Waals surface area contributed by atoms with Crippen molar-refractivity contribution >= 4 is 17.6 Å². The van der Waals surface area contributed by atoms with E-state index in [1.54, 1.807) is 6.92 Å². The zero-order chi connectivity index (χ0) is 16.4. The Morgan fingerprint density at radius 2 is 1.78 bits per heavy atom. The van der Waals surface area contributed by atoms with E-state index >= 15 is 0 Å². The second-order valence-electron chi connectivity index (χ2n) is 5.89. The summed E-state index contributed by atoms with van der Waals surface area (Å²) in [6.07, 6.45) is 2.00. The van der Waals surface area contributed by atoms with Crippen LogP contribution < -0.4 is 4.90 Å². The molecule has 1 aliphatic rings. The predicted molar refractivity (Wildman–Crippen MR) is 89.6 cm³/mol.